The Balaban J connectivity index is 1.63. The van der Waals surface area contributed by atoms with Crippen molar-refractivity contribution in [3.8, 4) is 0 Å². The predicted molar refractivity (Wildman–Crippen MR) is 110 cm³/mol. The molecule has 2 aliphatic heterocycles. The van der Waals surface area contributed by atoms with E-state index in [1.54, 1.807) is 0 Å². The van der Waals surface area contributed by atoms with Crippen LogP contribution in [0.5, 0.6) is 0 Å². The Morgan fingerprint density at radius 2 is 2.04 bits per heavy atom. The smallest absolute Gasteiger partial charge is 0.141 e. The van der Waals surface area contributed by atoms with Crippen molar-refractivity contribution >= 4 is 35.2 Å². The van der Waals surface area contributed by atoms with E-state index in [0.717, 1.165) is 23.9 Å². The van der Waals surface area contributed by atoms with Gasteiger partial charge in [0.1, 0.15) is 11.7 Å². The molecular weight excluding hydrogens is 344 g/mol. The van der Waals surface area contributed by atoms with Crippen molar-refractivity contribution in [2.45, 2.75) is 38.1 Å². The Hall–Kier alpha value is -2.20. The number of aliphatic imine (C=N–C) groups is 3. The van der Waals surface area contributed by atoms with Crippen molar-refractivity contribution in [1.29, 1.82) is 0 Å². The number of nitrogens with zero attached hydrogens (tertiary/aromatic N) is 4. The monoisotopic (exact) mass is 366 g/mol. The molecule has 4 rings (SSSR count). The fraction of sp³-hybridized carbons (Fsp3) is 0.381. The Bertz CT molecular complexity index is 800. The second-order valence-corrected chi connectivity index (χ2v) is 7.41. The summed E-state index contributed by atoms with van der Waals surface area (Å²) in [5.41, 5.74) is 0.830. The molecular formula is C21H23ClN4. The second-order valence-electron chi connectivity index (χ2n) is 6.97. The van der Waals surface area contributed by atoms with Crippen LogP contribution in [0.25, 0.3) is 0 Å². The van der Waals surface area contributed by atoms with Crippen molar-refractivity contribution in [2.75, 3.05) is 6.54 Å². The van der Waals surface area contributed by atoms with Gasteiger partial charge < -0.3 is 4.90 Å². The normalized spacial score (nSPS) is 25.0. The van der Waals surface area contributed by atoms with E-state index >= 15 is 0 Å². The SMILES string of the molecule is Clc1cccc(N=C2N=C3C=CC=CN3CC2C=NC2CCCCC2)c1. The average Bonchev–Trinajstić information content (AvgIpc) is 2.67. The molecule has 1 aromatic rings. The third-order valence-corrected chi connectivity index (χ3v) is 5.21. The lowest BCUT2D eigenvalue weighted by Crippen LogP contribution is -2.40. The van der Waals surface area contributed by atoms with Gasteiger partial charge >= 0.3 is 0 Å². The first-order chi connectivity index (χ1) is 12.8. The third kappa shape index (κ3) is 4.13. The van der Waals surface area contributed by atoms with Gasteiger partial charge in [-0.3, -0.25) is 4.99 Å². The number of fused-ring (bicyclic) bond motifs is 1. The van der Waals surface area contributed by atoms with Gasteiger partial charge in [0, 0.05) is 30.0 Å². The molecule has 0 spiro atoms. The van der Waals surface area contributed by atoms with Crippen LogP contribution in [0.3, 0.4) is 0 Å². The van der Waals surface area contributed by atoms with Crippen molar-refractivity contribution in [2.24, 2.45) is 20.9 Å². The minimum atomic E-state index is 0.0795. The van der Waals surface area contributed by atoms with Gasteiger partial charge in [0.15, 0.2) is 0 Å². The van der Waals surface area contributed by atoms with Crippen LogP contribution in [-0.4, -0.2) is 35.4 Å². The van der Waals surface area contributed by atoms with Crippen LogP contribution in [0, 0.1) is 5.92 Å². The standard InChI is InChI=1S/C21H23ClN4/c22-17-7-6-10-19(13-17)24-21-16(14-23-18-8-2-1-3-9-18)15-26-12-5-4-11-20(26)25-21/h4-7,10-14,16,18H,1-3,8-9,15H2. The fourth-order valence-corrected chi connectivity index (χ4v) is 3.76. The van der Waals surface area contributed by atoms with Crippen molar-refractivity contribution in [3.05, 3.63) is 53.7 Å². The fourth-order valence-electron chi connectivity index (χ4n) is 3.57. The number of halogens is 1. The van der Waals surface area contributed by atoms with E-state index < -0.39 is 0 Å². The Labute approximate surface area is 159 Å². The number of amidine groups is 2. The first-order valence-corrected chi connectivity index (χ1v) is 9.73. The van der Waals surface area contributed by atoms with Gasteiger partial charge in [-0.05, 0) is 43.2 Å². The highest BCUT2D eigenvalue weighted by Crippen LogP contribution is 2.24. The summed E-state index contributed by atoms with van der Waals surface area (Å²) in [4.78, 5) is 16.6. The summed E-state index contributed by atoms with van der Waals surface area (Å²) in [5, 5.41) is 0.685. The molecule has 1 atom stereocenters. The minimum absolute atomic E-state index is 0.0795. The van der Waals surface area contributed by atoms with E-state index in [4.69, 9.17) is 26.6 Å². The van der Waals surface area contributed by atoms with E-state index in [-0.39, 0.29) is 5.92 Å². The second kappa shape index (κ2) is 8.00. The van der Waals surface area contributed by atoms with Crippen molar-refractivity contribution in [3.63, 3.8) is 0 Å². The highest BCUT2D eigenvalue weighted by Gasteiger charge is 2.26. The van der Waals surface area contributed by atoms with Gasteiger partial charge in [0.2, 0.25) is 0 Å². The lowest BCUT2D eigenvalue weighted by molar-refractivity contribution is 0.442. The van der Waals surface area contributed by atoms with Crippen LogP contribution in [0.2, 0.25) is 5.02 Å². The van der Waals surface area contributed by atoms with E-state index in [0.29, 0.717) is 11.1 Å². The number of hydrogen-bond donors (Lipinski definition) is 0. The zero-order valence-electron chi connectivity index (χ0n) is 14.8. The summed E-state index contributed by atoms with van der Waals surface area (Å²) in [5.74, 6) is 1.81. The molecule has 26 heavy (non-hydrogen) atoms. The maximum absolute atomic E-state index is 6.11. The van der Waals surface area contributed by atoms with Crippen LogP contribution in [0.15, 0.2) is 63.7 Å². The zero-order chi connectivity index (χ0) is 17.8. The molecule has 0 radical (unpaired) electrons. The molecule has 4 nitrogen and oxygen atoms in total. The van der Waals surface area contributed by atoms with Crippen LogP contribution in [0.1, 0.15) is 32.1 Å². The highest BCUT2D eigenvalue weighted by atomic mass is 35.5. The number of rotatable bonds is 3. The minimum Gasteiger partial charge on any atom is -0.332 e. The highest BCUT2D eigenvalue weighted by molar-refractivity contribution is 6.30. The molecule has 1 saturated carbocycles. The topological polar surface area (TPSA) is 40.3 Å². The molecule has 0 amide bonds. The Morgan fingerprint density at radius 1 is 1.15 bits per heavy atom. The molecule has 5 heteroatoms. The molecule has 3 aliphatic rings. The average molecular weight is 367 g/mol. The van der Waals surface area contributed by atoms with Gasteiger partial charge in [-0.15, -0.1) is 0 Å². The zero-order valence-corrected chi connectivity index (χ0v) is 15.5. The van der Waals surface area contributed by atoms with Gasteiger partial charge in [0.25, 0.3) is 0 Å². The molecule has 1 aliphatic carbocycles. The molecule has 0 bridgehead atoms. The van der Waals surface area contributed by atoms with Gasteiger partial charge in [-0.25, -0.2) is 9.98 Å². The predicted octanol–water partition coefficient (Wildman–Crippen LogP) is 5.19. The van der Waals surface area contributed by atoms with Gasteiger partial charge in [-0.1, -0.05) is 43.0 Å². The molecule has 134 valence electrons. The van der Waals surface area contributed by atoms with E-state index in [9.17, 15) is 0 Å². The summed E-state index contributed by atoms with van der Waals surface area (Å²) >= 11 is 6.11. The third-order valence-electron chi connectivity index (χ3n) is 4.97. The Kier molecular flexibility index (Phi) is 5.30. The molecule has 1 aromatic carbocycles. The van der Waals surface area contributed by atoms with E-state index in [1.807, 2.05) is 42.5 Å². The largest absolute Gasteiger partial charge is 0.332 e. The van der Waals surface area contributed by atoms with Crippen LogP contribution in [0.4, 0.5) is 5.69 Å². The summed E-state index contributed by atoms with van der Waals surface area (Å²) in [6.45, 7) is 0.815. The Morgan fingerprint density at radius 3 is 2.88 bits per heavy atom. The van der Waals surface area contributed by atoms with Gasteiger partial charge in [-0.2, -0.15) is 0 Å². The molecule has 2 heterocycles. The van der Waals surface area contributed by atoms with E-state index in [2.05, 4.69) is 17.3 Å². The van der Waals surface area contributed by atoms with Crippen LogP contribution in [-0.2, 0) is 0 Å². The molecule has 1 fully saturated rings. The quantitative estimate of drug-likeness (QED) is 0.679. The first-order valence-electron chi connectivity index (χ1n) is 9.35. The number of benzene rings is 1. The molecule has 1 unspecified atom stereocenters. The maximum atomic E-state index is 6.11. The maximum Gasteiger partial charge on any atom is 0.141 e. The number of hydrogen-bond acceptors (Lipinski definition) is 3. The summed E-state index contributed by atoms with van der Waals surface area (Å²) in [6, 6.07) is 8.05. The first kappa shape index (κ1) is 17.2. The summed E-state index contributed by atoms with van der Waals surface area (Å²) in [6.07, 6.45) is 16.5. The molecule has 0 aromatic heterocycles. The van der Waals surface area contributed by atoms with E-state index in [1.165, 1.54) is 32.1 Å². The molecule has 0 N–H and O–H groups in total. The van der Waals surface area contributed by atoms with Crippen molar-refractivity contribution < 1.29 is 0 Å². The lowest BCUT2D eigenvalue weighted by Gasteiger charge is -2.30. The van der Waals surface area contributed by atoms with Gasteiger partial charge in [0.05, 0.1) is 11.6 Å². The summed E-state index contributed by atoms with van der Waals surface area (Å²) < 4.78 is 0. The van der Waals surface area contributed by atoms with Crippen LogP contribution >= 0.6 is 11.6 Å². The van der Waals surface area contributed by atoms with Crippen molar-refractivity contribution in [1.82, 2.24) is 4.90 Å². The van der Waals surface area contributed by atoms with Crippen LogP contribution < -0.4 is 0 Å². The summed E-state index contributed by atoms with van der Waals surface area (Å²) in [7, 11) is 0. The lowest BCUT2D eigenvalue weighted by atomic mass is 9.96. The molecule has 0 saturated heterocycles. The number of allylic oxidation sites excluding steroid dienone is 2.